The molecule has 13 heavy (non-hydrogen) atoms. The van der Waals surface area contributed by atoms with Crippen molar-refractivity contribution in [1.29, 1.82) is 0 Å². The quantitative estimate of drug-likeness (QED) is 0.565. The minimum Gasteiger partial charge on any atom is -0.467 e. The summed E-state index contributed by atoms with van der Waals surface area (Å²) in [4.78, 5) is 15.2. The van der Waals surface area contributed by atoms with Crippen LogP contribution in [0.15, 0.2) is 4.99 Å². The van der Waals surface area contributed by atoms with E-state index >= 15 is 0 Å². The molecule has 2 saturated carbocycles. The molecular formula is C10H13NO2. The molecule has 3 rings (SSSR count). The summed E-state index contributed by atoms with van der Waals surface area (Å²) in [5.74, 6) is 1.41. The van der Waals surface area contributed by atoms with Gasteiger partial charge in [0.1, 0.15) is 0 Å². The summed E-state index contributed by atoms with van der Waals surface area (Å²) >= 11 is 0. The second-order valence-electron chi connectivity index (χ2n) is 4.51. The average Bonchev–Trinajstić information content (AvgIpc) is 2.69. The smallest absolute Gasteiger partial charge is 0.292 e. The highest BCUT2D eigenvalue weighted by molar-refractivity contribution is 5.95. The maximum atomic E-state index is 11.5. The normalized spacial score (nSPS) is 47.2. The van der Waals surface area contributed by atoms with Gasteiger partial charge < -0.3 is 4.74 Å². The summed E-state index contributed by atoms with van der Waals surface area (Å²) < 4.78 is 5.41. The summed E-state index contributed by atoms with van der Waals surface area (Å²) in [6.07, 6.45) is 7.06. The molecule has 3 aliphatic rings. The summed E-state index contributed by atoms with van der Waals surface area (Å²) in [6.45, 7) is 0. The fraction of sp³-hybridized carbons (Fsp3) is 0.800. The molecule has 2 fully saturated rings. The van der Waals surface area contributed by atoms with Gasteiger partial charge in [-0.3, -0.25) is 4.79 Å². The van der Waals surface area contributed by atoms with Crippen molar-refractivity contribution in [1.82, 2.24) is 0 Å². The number of aliphatic imine (C=N–C) groups is 1. The van der Waals surface area contributed by atoms with Gasteiger partial charge in [0.15, 0.2) is 12.0 Å². The Hall–Kier alpha value is -0.860. The number of carbonyl (C=O) groups is 1. The van der Waals surface area contributed by atoms with Crippen molar-refractivity contribution in [3.63, 3.8) is 0 Å². The Balaban J connectivity index is 1.85. The second-order valence-corrected chi connectivity index (χ2v) is 4.51. The third kappa shape index (κ3) is 0.901. The molecule has 0 saturated heterocycles. The molecule has 1 amide bonds. The predicted octanol–water partition coefficient (Wildman–Crippen LogP) is 1.52. The Morgan fingerprint density at radius 3 is 2.62 bits per heavy atom. The largest absolute Gasteiger partial charge is 0.467 e. The molecule has 1 heterocycles. The van der Waals surface area contributed by atoms with Gasteiger partial charge in [-0.1, -0.05) is 19.3 Å². The number of ether oxygens (including phenoxy) is 1. The second kappa shape index (κ2) is 2.34. The number of nitrogens with zero attached hydrogens (tertiary/aromatic N) is 1. The molecule has 70 valence electrons. The van der Waals surface area contributed by atoms with Gasteiger partial charge in [0.2, 0.25) is 0 Å². The van der Waals surface area contributed by atoms with E-state index in [1.54, 1.807) is 0 Å². The van der Waals surface area contributed by atoms with Crippen LogP contribution in [0.4, 0.5) is 0 Å². The highest BCUT2D eigenvalue weighted by atomic mass is 16.5. The molecule has 0 aromatic rings. The third-order valence-electron chi connectivity index (χ3n) is 3.84. The molecule has 0 N–H and O–H groups in total. The van der Waals surface area contributed by atoms with Gasteiger partial charge in [-0.05, 0) is 24.7 Å². The number of hydrogen-bond acceptors (Lipinski definition) is 2. The Bertz CT molecular complexity index is 273. The van der Waals surface area contributed by atoms with Crippen molar-refractivity contribution in [2.75, 3.05) is 0 Å². The lowest BCUT2D eigenvalue weighted by atomic mass is 9.97. The fourth-order valence-corrected chi connectivity index (χ4v) is 3.20. The van der Waals surface area contributed by atoms with E-state index in [0.717, 1.165) is 24.7 Å². The molecule has 2 atom stereocenters. The maximum Gasteiger partial charge on any atom is 0.292 e. The van der Waals surface area contributed by atoms with Gasteiger partial charge >= 0.3 is 0 Å². The lowest BCUT2D eigenvalue weighted by Crippen LogP contribution is -2.33. The Kier molecular flexibility index (Phi) is 1.35. The standard InChI is InChI=1S/C10H13NO2/c12-9-10(13-6-11-9)4-7-2-1-3-8(7)5-10/h6-8H,1-5H2. The highest BCUT2D eigenvalue weighted by Gasteiger charge is 2.54. The van der Waals surface area contributed by atoms with Crippen LogP contribution < -0.4 is 0 Å². The van der Waals surface area contributed by atoms with Crippen molar-refractivity contribution in [3.05, 3.63) is 0 Å². The zero-order valence-corrected chi connectivity index (χ0v) is 7.53. The molecule has 0 bridgehead atoms. The lowest BCUT2D eigenvalue weighted by Gasteiger charge is -2.19. The molecule has 0 aromatic carbocycles. The highest BCUT2D eigenvalue weighted by Crippen LogP contribution is 2.51. The molecule has 1 aliphatic heterocycles. The van der Waals surface area contributed by atoms with Gasteiger partial charge in [-0.15, -0.1) is 0 Å². The Labute approximate surface area is 77.2 Å². The van der Waals surface area contributed by atoms with Crippen LogP contribution in [0.1, 0.15) is 32.1 Å². The zero-order chi connectivity index (χ0) is 8.89. The SMILES string of the molecule is O=C1N=COC12CC1CCCC1C2. The monoisotopic (exact) mass is 179 g/mol. The number of hydrogen-bond donors (Lipinski definition) is 0. The van der Waals surface area contributed by atoms with Gasteiger partial charge in [-0.2, -0.15) is 4.99 Å². The summed E-state index contributed by atoms with van der Waals surface area (Å²) in [5, 5.41) is 0. The van der Waals surface area contributed by atoms with Crippen LogP contribution in [0.3, 0.4) is 0 Å². The minimum absolute atomic E-state index is 0.0399. The van der Waals surface area contributed by atoms with Crippen molar-refractivity contribution < 1.29 is 9.53 Å². The van der Waals surface area contributed by atoms with Gasteiger partial charge in [0.25, 0.3) is 5.91 Å². The summed E-state index contributed by atoms with van der Waals surface area (Å²) in [7, 11) is 0. The lowest BCUT2D eigenvalue weighted by molar-refractivity contribution is -0.130. The molecule has 1 spiro atoms. The van der Waals surface area contributed by atoms with Crippen molar-refractivity contribution in [2.45, 2.75) is 37.7 Å². The van der Waals surface area contributed by atoms with E-state index in [9.17, 15) is 4.79 Å². The first kappa shape index (κ1) is 7.54. The topological polar surface area (TPSA) is 38.7 Å². The van der Waals surface area contributed by atoms with E-state index in [0.29, 0.717) is 0 Å². The molecule has 3 nitrogen and oxygen atoms in total. The number of fused-ring (bicyclic) bond motifs is 1. The maximum absolute atomic E-state index is 11.5. The Morgan fingerprint density at radius 1 is 1.38 bits per heavy atom. The van der Waals surface area contributed by atoms with Crippen LogP contribution in [0.25, 0.3) is 0 Å². The molecule has 0 aromatic heterocycles. The van der Waals surface area contributed by atoms with Crippen molar-refractivity contribution in [2.24, 2.45) is 16.8 Å². The van der Waals surface area contributed by atoms with E-state index in [1.807, 2.05) is 0 Å². The van der Waals surface area contributed by atoms with Crippen LogP contribution in [0.2, 0.25) is 0 Å². The van der Waals surface area contributed by atoms with Crippen LogP contribution in [-0.4, -0.2) is 17.9 Å². The number of carbonyl (C=O) groups excluding carboxylic acids is 1. The van der Waals surface area contributed by atoms with E-state index in [-0.39, 0.29) is 5.91 Å². The van der Waals surface area contributed by atoms with Crippen LogP contribution >= 0.6 is 0 Å². The van der Waals surface area contributed by atoms with E-state index in [2.05, 4.69) is 4.99 Å². The molecule has 2 unspecified atom stereocenters. The van der Waals surface area contributed by atoms with E-state index in [1.165, 1.54) is 25.7 Å². The molecule has 2 aliphatic carbocycles. The number of amides is 1. The van der Waals surface area contributed by atoms with Gasteiger partial charge in [-0.25, -0.2) is 0 Å². The van der Waals surface area contributed by atoms with E-state index in [4.69, 9.17) is 4.74 Å². The molecule has 0 radical (unpaired) electrons. The number of rotatable bonds is 0. The Morgan fingerprint density at radius 2 is 2.08 bits per heavy atom. The van der Waals surface area contributed by atoms with Crippen LogP contribution in [0, 0.1) is 11.8 Å². The summed E-state index contributed by atoms with van der Waals surface area (Å²) in [6, 6.07) is 0. The first-order chi connectivity index (χ1) is 6.30. The third-order valence-corrected chi connectivity index (χ3v) is 3.84. The molecular weight excluding hydrogens is 166 g/mol. The molecule has 3 heteroatoms. The van der Waals surface area contributed by atoms with Crippen LogP contribution in [0.5, 0.6) is 0 Å². The van der Waals surface area contributed by atoms with Gasteiger partial charge in [0, 0.05) is 0 Å². The first-order valence-corrected chi connectivity index (χ1v) is 5.05. The van der Waals surface area contributed by atoms with Crippen molar-refractivity contribution in [3.8, 4) is 0 Å². The zero-order valence-electron chi connectivity index (χ0n) is 7.53. The van der Waals surface area contributed by atoms with Crippen LogP contribution in [-0.2, 0) is 9.53 Å². The predicted molar refractivity (Wildman–Crippen MR) is 47.4 cm³/mol. The van der Waals surface area contributed by atoms with Gasteiger partial charge in [0.05, 0.1) is 0 Å². The average molecular weight is 179 g/mol. The van der Waals surface area contributed by atoms with Crippen molar-refractivity contribution >= 4 is 12.3 Å². The summed E-state index contributed by atoms with van der Waals surface area (Å²) in [5.41, 5.74) is -0.518. The van der Waals surface area contributed by atoms with E-state index < -0.39 is 5.60 Å². The minimum atomic E-state index is -0.518. The fourth-order valence-electron chi connectivity index (χ4n) is 3.20. The first-order valence-electron chi connectivity index (χ1n) is 5.05.